The highest BCUT2D eigenvalue weighted by Crippen LogP contribution is 2.46. The van der Waals surface area contributed by atoms with Gasteiger partial charge >= 0.3 is 6.16 Å². The number of hydrogen-bond donors (Lipinski definition) is 1. The van der Waals surface area contributed by atoms with Crippen LogP contribution in [0.15, 0.2) is 36.7 Å². The predicted molar refractivity (Wildman–Crippen MR) is 128 cm³/mol. The number of aryl methyl sites for hydroxylation is 1. The fraction of sp³-hybridized carbons (Fsp3) is 0.593. The monoisotopic (exact) mass is 468 g/mol. The highest BCUT2D eigenvalue weighted by atomic mass is 16.9. The molecular weight excluding hydrogens is 432 g/mol. The van der Waals surface area contributed by atoms with Gasteiger partial charge in [0.05, 0.1) is 0 Å². The van der Waals surface area contributed by atoms with E-state index in [4.69, 9.17) is 14.2 Å². The van der Waals surface area contributed by atoms with Crippen LogP contribution in [0, 0.1) is 0 Å². The second-order valence-electron chi connectivity index (χ2n) is 9.49. The summed E-state index contributed by atoms with van der Waals surface area (Å²) in [5, 5.41) is 9.38. The molecule has 7 heteroatoms. The fourth-order valence-electron chi connectivity index (χ4n) is 4.93. The molecule has 1 aromatic heterocycles. The highest BCUT2D eigenvalue weighted by Gasteiger charge is 2.54. The molecule has 34 heavy (non-hydrogen) atoms. The first kappa shape index (κ1) is 24.6. The van der Waals surface area contributed by atoms with Crippen LogP contribution in [-0.2, 0) is 26.4 Å². The van der Waals surface area contributed by atoms with Crippen LogP contribution < -0.4 is 0 Å². The first-order chi connectivity index (χ1) is 16.5. The minimum Gasteiger partial charge on any atom is -0.450 e. The molecule has 0 bridgehead atoms. The van der Waals surface area contributed by atoms with Crippen LogP contribution in [0.4, 0.5) is 4.79 Å². The van der Waals surface area contributed by atoms with E-state index in [0.29, 0.717) is 11.4 Å². The summed E-state index contributed by atoms with van der Waals surface area (Å²) in [6, 6.07) is 7.38. The second-order valence-corrected chi connectivity index (χ2v) is 9.49. The lowest BCUT2D eigenvalue weighted by Crippen LogP contribution is -2.39. The molecule has 7 nitrogen and oxygen atoms in total. The lowest BCUT2D eigenvalue weighted by molar-refractivity contribution is -0.264. The number of hydrogen-bond acceptors (Lipinski definition) is 6. The van der Waals surface area contributed by atoms with E-state index in [1.54, 1.807) is 0 Å². The smallest absolute Gasteiger partial charge is 0.450 e. The van der Waals surface area contributed by atoms with Gasteiger partial charge in [0.1, 0.15) is 6.61 Å². The summed E-state index contributed by atoms with van der Waals surface area (Å²) in [4.78, 5) is 20.6. The van der Waals surface area contributed by atoms with E-state index in [0.717, 1.165) is 56.1 Å². The van der Waals surface area contributed by atoms with Crippen molar-refractivity contribution in [3.05, 3.63) is 47.8 Å². The summed E-state index contributed by atoms with van der Waals surface area (Å²) in [5.74, 6) is -1.58. The summed E-state index contributed by atoms with van der Waals surface area (Å²) >= 11 is 0. The molecule has 1 aliphatic heterocycles. The van der Waals surface area contributed by atoms with E-state index in [-0.39, 0.29) is 6.61 Å². The van der Waals surface area contributed by atoms with Crippen molar-refractivity contribution in [1.29, 1.82) is 0 Å². The van der Waals surface area contributed by atoms with Gasteiger partial charge in [0.25, 0.3) is 5.79 Å². The molecule has 2 aromatic rings. The Morgan fingerprint density at radius 3 is 2.35 bits per heavy atom. The Hall–Kier alpha value is -2.51. The van der Waals surface area contributed by atoms with Gasteiger partial charge in [0.2, 0.25) is 0 Å². The third kappa shape index (κ3) is 5.94. The van der Waals surface area contributed by atoms with Crippen molar-refractivity contribution >= 4 is 6.16 Å². The van der Waals surface area contributed by atoms with Crippen molar-refractivity contribution in [2.45, 2.75) is 95.5 Å². The summed E-state index contributed by atoms with van der Waals surface area (Å²) in [5.41, 5.74) is 2.62. The molecule has 1 N–H and O–H groups in total. The first-order valence-electron chi connectivity index (χ1n) is 12.7. The van der Waals surface area contributed by atoms with Crippen molar-refractivity contribution in [3.63, 3.8) is 0 Å². The Bertz CT molecular complexity index is 925. The zero-order valence-electron chi connectivity index (χ0n) is 20.1. The molecule has 1 atom stereocenters. The molecule has 0 radical (unpaired) electrons. The zero-order chi connectivity index (χ0) is 23.9. The van der Waals surface area contributed by atoms with E-state index in [1.807, 2.05) is 36.7 Å². The number of unbranched alkanes of at least 4 members (excludes halogenated alkanes) is 5. The lowest BCUT2D eigenvalue weighted by atomic mass is 9.94. The second kappa shape index (κ2) is 11.3. The number of nitrogens with zero attached hydrogens (tertiary/aromatic N) is 2. The Morgan fingerprint density at radius 1 is 1.00 bits per heavy atom. The molecule has 2 aliphatic rings. The molecule has 1 aromatic carbocycles. The van der Waals surface area contributed by atoms with Crippen LogP contribution in [0.1, 0.15) is 88.7 Å². The Labute approximate surface area is 201 Å². The molecule has 1 aliphatic carbocycles. The standard InChI is InChI=1S/C27H36N2O5/c1-2-3-4-5-6-8-11-21-18-28-24(29-19-21)22-12-14-23(15-13-22)27(33-25(30)31)20-32-26(34-27)16-9-7-10-17-26/h12-15,18-19H,2-11,16-17,20H2,1H3,(H,30,31)/t27-/m1/s1. The molecule has 184 valence electrons. The molecule has 2 fully saturated rings. The number of benzene rings is 1. The number of rotatable bonds is 10. The molecule has 1 spiro atoms. The number of carboxylic acid groups (broad SMARTS) is 1. The molecular formula is C27H36N2O5. The maximum atomic E-state index is 11.5. The summed E-state index contributed by atoms with van der Waals surface area (Å²) in [6.07, 6.45) is 15.6. The molecule has 1 saturated carbocycles. The van der Waals surface area contributed by atoms with Crippen molar-refractivity contribution < 1.29 is 24.1 Å². The van der Waals surface area contributed by atoms with Crippen molar-refractivity contribution in [2.75, 3.05) is 6.61 Å². The van der Waals surface area contributed by atoms with Gasteiger partial charge in [0, 0.05) is 36.4 Å². The van der Waals surface area contributed by atoms with E-state index in [1.165, 1.54) is 32.1 Å². The number of carbonyl (C=O) groups is 1. The van der Waals surface area contributed by atoms with Crippen LogP contribution in [-0.4, -0.2) is 33.6 Å². The Balaban J connectivity index is 1.41. The SMILES string of the molecule is CCCCCCCCc1cnc(-c2ccc([C@@]3(OC(=O)O)COC4(CCCCC4)O3)cc2)nc1. The van der Waals surface area contributed by atoms with Gasteiger partial charge < -0.3 is 19.3 Å². The molecule has 0 unspecified atom stereocenters. The van der Waals surface area contributed by atoms with Crippen molar-refractivity contribution in [3.8, 4) is 11.4 Å². The normalized spacial score (nSPS) is 21.6. The van der Waals surface area contributed by atoms with Gasteiger partial charge in [-0.1, -0.05) is 69.7 Å². The topological polar surface area (TPSA) is 90.8 Å². The zero-order valence-corrected chi connectivity index (χ0v) is 20.1. The maximum Gasteiger partial charge on any atom is 0.508 e. The van der Waals surface area contributed by atoms with E-state index in [9.17, 15) is 9.90 Å². The Morgan fingerprint density at radius 2 is 1.68 bits per heavy atom. The largest absolute Gasteiger partial charge is 0.508 e. The minimum absolute atomic E-state index is 0.0439. The third-order valence-electron chi connectivity index (χ3n) is 6.85. The van der Waals surface area contributed by atoms with E-state index in [2.05, 4.69) is 16.9 Å². The van der Waals surface area contributed by atoms with Gasteiger partial charge in [0.15, 0.2) is 11.6 Å². The molecule has 1 saturated heterocycles. The average Bonchev–Trinajstić information content (AvgIpc) is 3.20. The average molecular weight is 469 g/mol. The Kier molecular flexibility index (Phi) is 8.16. The van der Waals surface area contributed by atoms with Crippen LogP contribution in [0.5, 0.6) is 0 Å². The molecule has 0 amide bonds. The quantitative estimate of drug-likeness (QED) is 0.310. The predicted octanol–water partition coefficient (Wildman–Crippen LogP) is 6.60. The van der Waals surface area contributed by atoms with Gasteiger partial charge in [-0.2, -0.15) is 0 Å². The van der Waals surface area contributed by atoms with Gasteiger partial charge in [-0.05, 0) is 31.2 Å². The maximum absolute atomic E-state index is 11.5. The number of ether oxygens (including phenoxy) is 3. The number of aromatic nitrogens is 2. The van der Waals surface area contributed by atoms with Gasteiger partial charge in [-0.25, -0.2) is 14.8 Å². The summed E-state index contributed by atoms with van der Waals surface area (Å²) in [6.45, 7) is 2.28. The van der Waals surface area contributed by atoms with Gasteiger partial charge in [-0.3, -0.25) is 0 Å². The fourth-order valence-corrected chi connectivity index (χ4v) is 4.93. The van der Waals surface area contributed by atoms with Crippen LogP contribution in [0.3, 0.4) is 0 Å². The lowest BCUT2D eigenvalue weighted by Gasteiger charge is -2.34. The highest BCUT2D eigenvalue weighted by molar-refractivity contribution is 5.59. The van der Waals surface area contributed by atoms with Crippen LogP contribution in [0.25, 0.3) is 11.4 Å². The third-order valence-corrected chi connectivity index (χ3v) is 6.85. The summed E-state index contributed by atoms with van der Waals surface area (Å²) < 4.78 is 17.5. The molecule has 4 rings (SSSR count). The van der Waals surface area contributed by atoms with Crippen LogP contribution >= 0.6 is 0 Å². The van der Waals surface area contributed by atoms with Crippen molar-refractivity contribution in [1.82, 2.24) is 9.97 Å². The van der Waals surface area contributed by atoms with Gasteiger partial charge in [-0.15, -0.1) is 0 Å². The van der Waals surface area contributed by atoms with Crippen LogP contribution in [0.2, 0.25) is 0 Å². The minimum atomic E-state index is -1.45. The molecule has 2 heterocycles. The summed E-state index contributed by atoms with van der Waals surface area (Å²) in [7, 11) is 0. The van der Waals surface area contributed by atoms with Crippen molar-refractivity contribution in [2.24, 2.45) is 0 Å². The van der Waals surface area contributed by atoms with E-state index >= 15 is 0 Å². The first-order valence-corrected chi connectivity index (χ1v) is 12.7. The van der Waals surface area contributed by atoms with E-state index < -0.39 is 17.7 Å².